The first-order valence-corrected chi connectivity index (χ1v) is 6.20. The van der Waals surface area contributed by atoms with Crippen LogP contribution in [0.25, 0.3) is 0 Å². The van der Waals surface area contributed by atoms with Gasteiger partial charge >= 0.3 is 0 Å². The molecule has 2 nitrogen and oxygen atoms in total. The van der Waals surface area contributed by atoms with Crippen molar-refractivity contribution in [1.82, 2.24) is 10.2 Å². The Kier molecular flexibility index (Phi) is 3.45. The zero-order chi connectivity index (χ0) is 9.97. The van der Waals surface area contributed by atoms with Crippen molar-refractivity contribution in [3.05, 3.63) is 0 Å². The summed E-state index contributed by atoms with van der Waals surface area (Å²) in [4.78, 5) is 2.75. The van der Waals surface area contributed by atoms with Gasteiger partial charge in [-0.15, -0.1) is 0 Å². The summed E-state index contributed by atoms with van der Waals surface area (Å²) in [6.45, 7) is 9.95. The second-order valence-corrected chi connectivity index (χ2v) is 5.38. The van der Waals surface area contributed by atoms with Gasteiger partial charge in [0.05, 0.1) is 0 Å². The molecule has 2 heteroatoms. The van der Waals surface area contributed by atoms with Gasteiger partial charge in [0, 0.05) is 19.1 Å². The quantitative estimate of drug-likeness (QED) is 0.687. The van der Waals surface area contributed by atoms with Crippen LogP contribution >= 0.6 is 0 Å². The van der Waals surface area contributed by atoms with Crippen molar-refractivity contribution in [2.75, 3.05) is 26.2 Å². The molecule has 0 aromatic rings. The van der Waals surface area contributed by atoms with E-state index in [-0.39, 0.29) is 0 Å². The fourth-order valence-corrected chi connectivity index (χ4v) is 3.18. The third-order valence-electron chi connectivity index (χ3n) is 3.72. The summed E-state index contributed by atoms with van der Waals surface area (Å²) < 4.78 is 0. The van der Waals surface area contributed by atoms with Crippen LogP contribution in [-0.4, -0.2) is 37.1 Å². The molecule has 0 spiro atoms. The highest BCUT2D eigenvalue weighted by Gasteiger charge is 2.27. The topological polar surface area (TPSA) is 15.3 Å². The molecule has 0 saturated carbocycles. The Balaban J connectivity index is 1.88. The van der Waals surface area contributed by atoms with Crippen LogP contribution in [0.3, 0.4) is 0 Å². The van der Waals surface area contributed by atoms with Crippen LogP contribution in [0.4, 0.5) is 0 Å². The number of likely N-dealkylation sites (tertiary alicyclic amines) is 1. The van der Waals surface area contributed by atoms with Gasteiger partial charge in [-0.2, -0.15) is 0 Å². The first-order valence-electron chi connectivity index (χ1n) is 6.20. The monoisotopic (exact) mass is 196 g/mol. The molecular weight excluding hydrogens is 172 g/mol. The maximum Gasteiger partial charge on any atom is 0.0120 e. The van der Waals surface area contributed by atoms with Crippen molar-refractivity contribution in [2.24, 2.45) is 11.8 Å². The second-order valence-electron chi connectivity index (χ2n) is 5.38. The van der Waals surface area contributed by atoms with E-state index in [4.69, 9.17) is 0 Å². The van der Waals surface area contributed by atoms with Gasteiger partial charge in [0.1, 0.15) is 0 Å². The van der Waals surface area contributed by atoms with E-state index in [0.717, 1.165) is 17.9 Å². The minimum Gasteiger partial charge on any atom is -0.317 e. The molecule has 0 radical (unpaired) electrons. The Labute approximate surface area is 88.1 Å². The molecule has 2 aliphatic heterocycles. The lowest BCUT2D eigenvalue weighted by Gasteiger charge is -2.41. The van der Waals surface area contributed by atoms with E-state index in [9.17, 15) is 0 Å². The van der Waals surface area contributed by atoms with Gasteiger partial charge in [-0.05, 0) is 44.2 Å². The van der Waals surface area contributed by atoms with E-state index in [1.165, 1.54) is 45.4 Å². The molecule has 82 valence electrons. The van der Waals surface area contributed by atoms with Crippen molar-refractivity contribution in [2.45, 2.75) is 39.2 Å². The number of hydrogen-bond acceptors (Lipinski definition) is 2. The fraction of sp³-hybridized carbons (Fsp3) is 1.00. The van der Waals surface area contributed by atoms with Crippen LogP contribution in [0.1, 0.15) is 33.1 Å². The van der Waals surface area contributed by atoms with E-state index in [2.05, 4.69) is 24.1 Å². The SMILES string of the molecule is C[C@H]1C[C@H](C)CN(C2CCNCC2)C1. The fourth-order valence-electron chi connectivity index (χ4n) is 3.18. The van der Waals surface area contributed by atoms with E-state index in [0.29, 0.717) is 0 Å². The van der Waals surface area contributed by atoms with Crippen molar-refractivity contribution < 1.29 is 0 Å². The maximum atomic E-state index is 3.45. The van der Waals surface area contributed by atoms with Crippen molar-refractivity contribution in [1.29, 1.82) is 0 Å². The maximum absolute atomic E-state index is 3.45. The molecule has 0 amide bonds. The van der Waals surface area contributed by atoms with Crippen LogP contribution in [0, 0.1) is 11.8 Å². The number of hydrogen-bond donors (Lipinski definition) is 1. The highest BCUT2D eigenvalue weighted by Crippen LogP contribution is 2.25. The molecule has 2 saturated heterocycles. The summed E-state index contributed by atoms with van der Waals surface area (Å²) in [6.07, 6.45) is 4.15. The Hall–Kier alpha value is -0.0800. The summed E-state index contributed by atoms with van der Waals surface area (Å²) in [5, 5.41) is 3.45. The minimum atomic E-state index is 0.876. The number of piperidine rings is 2. The Bertz CT molecular complexity index is 165. The molecule has 0 aliphatic carbocycles. The van der Waals surface area contributed by atoms with Gasteiger partial charge in [0.2, 0.25) is 0 Å². The molecule has 0 unspecified atom stereocenters. The molecule has 2 atom stereocenters. The zero-order valence-electron chi connectivity index (χ0n) is 9.63. The van der Waals surface area contributed by atoms with Crippen molar-refractivity contribution in [3.63, 3.8) is 0 Å². The molecule has 0 aromatic heterocycles. The standard InChI is InChI=1S/C12H24N2/c1-10-7-11(2)9-14(8-10)12-3-5-13-6-4-12/h10-13H,3-9H2,1-2H3/t10-,11-/m0/s1. The molecule has 0 aromatic carbocycles. The van der Waals surface area contributed by atoms with Crippen LogP contribution in [0.15, 0.2) is 0 Å². The first-order chi connectivity index (χ1) is 6.75. The van der Waals surface area contributed by atoms with Crippen LogP contribution in [-0.2, 0) is 0 Å². The Morgan fingerprint density at radius 3 is 2.14 bits per heavy atom. The summed E-state index contributed by atoms with van der Waals surface area (Å²) in [6, 6.07) is 0.876. The molecule has 2 aliphatic rings. The highest BCUT2D eigenvalue weighted by atomic mass is 15.2. The van der Waals surface area contributed by atoms with Crippen LogP contribution < -0.4 is 5.32 Å². The van der Waals surface area contributed by atoms with Crippen LogP contribution in [0.2, 0.25) is 0 Å². The first kappa shape index (κ1) is 10.4. The Morgan fingerprint density at radius 1 is 1.00 bits per heavy atom. The zero-order valence-corrected chi connectivity index (χ0v) is 9.63. The molecule has 1 N–H and O–H groups in total. The summed E-state index contributed by atoms with van der Waals surface area (Å²) >= 11 is 0. The predicted octanol–water partition coefficient (Wildman–Crippen LogP) is 1.72. The van der Waals surface area contributed by atoms with Gasteiger partial charge in [-0.3, -0.25) is 4.90 Å². The third-order valence-corrected chi connectivity index (χ3v) is 3.72. The van der Waals surface area contributed by atoms with Gasteiger partial charge in [-0.25, -0.2) is 0 Å². The molecule has 2 fully saturated rings. The van der Waals surface area contributed by atoms with Gasteiger partial charge < -0.3 is 5.32 Å². The lowest BCUT2D eigenvalue weighted by molar-refractivity contribution is 0.0793. The normalized spacial score (nSPS) is 37.3. The van der Waals surface area contributed by atoms with Gasteiger partial charge in [-0.1, -0.05) is 13.8 Å². The lowest BCUT2D eigenvalue weighted by atomic mass is 9.89. The molecule has 2 rings (SSSR count). The predicted molar refractivity (Wildman–Crippen MR) is 60.4 cm³/mol. The highest BCUT2D eigenvalue weighted by molar-refractivity contribution is 4.83. The molecule has 0 bridgehead atoms. The van der Waals surface area contributed by atoms with E-state index in [1.54, 1.807) is 0 Å². The third kappa shape index (κ3) is 2.48. The Morgan fingerprint density at radius 2 is 1.57 bits per heavy atom. The number of nitrogens with zero attached hydrogens (tertiary/aromatic N) is 1. The molecular formula is C12H24N2. The van der Waals surface area contributed by atoms with E-state index < -0.39 is 0 Å². The largest absolute Gasteiger partial charge is 0.317 e. The molecule has 14 heavy (non-hydrogen) atoms. The average molecular weight is 196 g/mol. The summed E-state index contributed by atoms with van der Waals surface area (Å²) in [5.74, 6) is 1.82. The lowest BCUT2D eigenvalue weighted by Crippen LogP contribution is -2.49. The molecule has 2 heterocycles. The van der Waals surface area contributed by atoms with Crippen molar-refractivity contribution >= 4 is 0 Å². The van der Waals surface area contributed by atoms with E-state index >= 15 is 0 Å². The number of nitrogens with one attached hydrogen (secondary N) is 1. The minimum absolute atomic E-state index is 0.876. The van der Waals surface area contributed by atoms with Gasteiger partial charge in [0.25, 0.3) is 0 Å². The van der Waals surface area contributed by atoms with Gasteiger partial charge in [0.15, 0.2) is 0 Å². The number of rotatable bonds is 1. The smallest absolute Gasteiger partial charge is 0.0120 e. The van der Waals surface area contributed by atoms with Crippen LogP contribution in [0.5, 0.6) is 0 Å². The van der Waals surface area contributed by atoms with E-state index in [1.807, 2.05) is 0 Å². The second kappa shape index (κ2) is 4.63. The summed E-state index contributed by atoms with van der Waals surface area (Å²) in [5.41, 5.74) is 0. The average Bonchev–Trinajstić information content (AvgIpc) is 2.18. The van der Waals surface area contributed by atoms with Crippen molar-refractivity contribution in [3.8, 4) is 0 Å². The summed E-state index contributed by atoms with van der Waals surface area (Å²) in [7, 11) is 0.